The maximum Gasteiger partial charge on any atom is 0.246 e. The number of H-pyrrole nitrogens is 1. The molecule has 0 aromatic carbocycles. The molecule has 0 radical (unpaired) electrons. The van der Waals surface area contributed by atoms with E-state index >= 15 is 0 Å². The van der Waals surface area contributed by atoms with Crippen molar-refractivity contribution in [2.24, 2.45) is 0 Å². The van der Waals surface area contributed by atoms with Gasteiger partial charge in [-0.2, -0.15) is 9.40 Å². The van der Waals surface area contributed by atoms with Crippen molar-refractivity contribution in [2.75, 3.05) is 13.7 Å². The van der Waals surface area contributed by atoms with Crippen molar-refractivity contribution in [3.05, 3.63) is 11.9 Å². The van der Waals surface area contributed by atoms with Gasteiger partial charge in [0.2, 0.25) is 10.0 Å². The molecule has 6 nitrogen and oxygen atoms in total. The van der Waals surface area contributed by atoms with Gasteiger partial charge in [0.15, 0.2) is 0 Å². The molecule has 0 atom stereocenters. The minimum atomic E-state index is -3.62. The van der Waals surface area contributed by atoms with Crippen LogP contribution in [0.5, 0.6) is 0 Å². The molecule has 0 saturated carbocycles. The number of nitrogens with zero attached hydrogens (tertiary/aromatic N) is 2. The van der Waals surface area contributed by atoms with Gasteiger partial charge in [-0.05, 0) is 20.8 Å². The average molecular weight is 247 g/mol. The van der Waals surface area contributed by atoms with Gasteiger partial charge in [-0.3, -0.25) is 5.10 Å². The number of aliphatic hydroxyl groups is 1. The molecular weight excluding hydrogens is 230 g/mol. The van der Waals surface area contributed by atoms with Crippen LogP contribution in [0.2, 0.25) is 0 Å². The van der Waals surface area contributed by atoms with E-state index in [1.165, 1.54) is 13.2 Å². The summed E-state index contributed by atoms with van der Waals surface area (Å²) in [4.78, 5) is 0.136. The van der Waals surface area contributed by atoms with Crippen LogP contribution in [-0.2, 0) is 10.0 Å². The Kier molecular flexibility index (Phi) is 3.41. The molecule has 0 saturated heterocycles. The minimum absolute atomic E-state index is 0.136. The molecule has 0 fully saturated rings. The third-order valence-electron chi connectivity index (χ3n) is 2.66. The fourth-order valence-electron chi connectivity index (χ4n) is 1.17. The largest absolute Gasteiger partial charge is 0.394 e. The molecule has 16 heavy (non-hydrogen) atoms. The second-order valence-corrected chi connectivity index (χ2v) is 6.24. The van der Waals surface area contributed by atoms with Gasteiger partial charge in [-0.25, -0.2) is 8.42 Å². The smallest absolute Gasteiger partial charge is 0.246 e. The minimum Gasteiger partial charge on any atom is -0.394 e. The molecule has 7 heteroatoms. The van der Waals surface area contributed by atoms with Gasteiger partial charge in [0, 0.05) is 7.05 Å². The Morgan fingerprint density at radius 1 is 1.56 bits per heavy atom. The van der Waals surface area contributed by atoms with Crippen LogP contribution in [0.25, 0.3) is 0 Å². The second-order valence-electron chi connectivity index (χ2n) is 4.30. The predicted octanol–water partition coefficient (Wildman–Crippen LogP) is 0.110. The first-order chi connectivity index (χ1) is 7.23. The number of rotatable bonds is 4. The van der Waals surface area contributed by atoms with Crippen molar-refractivity contribution in [2.45, 2.75) is 31.2 Å². The van der Waals surface area contributed by atoms with Gasteiger partial charge in [0.05, 0.1) is 24.0 Å². The van der Waals surface area contributed by atoms with E-state index in [2.05, 4.69) is 10.2 Å². The summed E-state index contributed by atoms with van der Waals surface area (Å²) >= 11 is 0. The van der Waals surface area contributed by atoms with Gasteiger partial charge in [0.25, 0.3) is 0 Å². The zero-order valence-corrected chi connectivity index (χ0v) is 10.7. The van der Waals surface area contributed by atoms with E-state index in [4.69, 9.17) is 5.11 Å². The summed E-state index contributed by atoms with van der Waals surface area (Å²) in [5.41, 5.74) is -0.358. The monoisotopic (exact) mass is 247 g/mol. The lowest BCUT2D eigenvalue weighted by molar-refractivity contribution is 0.138. The molecular formula is C9H17N3O3S. The number of nitrogens with one attached hydrogen (secondary N) is 1. The van der Waals surface area contributed by atoms with E-state index in [9.17, 15) is 8.42 Å². The van der Waals surface area contributed by atoms with E-state index in [1.54, 1.807) is 20.8 Å². The van der Waals surface area contributed by atoms with E-state index in [-0.39, 0.29) is 11.5 Å². The van der Waals surface area contributed by atoms with E-state index in [0.717, 1.165) is 4.31 Å². The Labute approximate surface area is 95.3 Å². The molecule has 92 valence electrons. The van der Waals surface area contributed by atoms with Crippen LogP contribution in [0.1, 0.15) is 19.5 Å². The maximum absolute atomic E-state index is 12.2. The molecule has 0 amide bonds. The van der Waals surface area contributed by atoms with Crippen molar-refractivity contribution >= 4 is 10.0 Å². The summed E-state index contributed by atoms with van der Waals surface area (Å²) in [6.07, 6.45) is 1.27. The normalized spacial score (nSPS) is 13.4. The second kappa shape index (κ2) is 4.15. The van der Waals surface area contributed by atoms with Crippen LogP contribution in [0, 0.1) is 6.92 Å². The number of sulfonamides is 1. The molecule has 0 aliphatic heterocycles. The zero-order valence-electron chi connectivity index (χ0n) is 9.85. The molecule has 0 aliphatic carbocycles. The van der Waals surface area contributed by atoms with Gasteiger partial charge < -0.3 is 5.11 Å². The van der Waals surface area contributed by atoms with Gasteiger partial charge in [0.1, 0.15) is 4.90 Å². The molecule has 1 aromatic rings. The summed E-state index contributed by atoms with van der Waals surface area (Å²) in [7, 11) is -2.17. The van der Waals surface area contributed by atoms with Gasteiger partial charge >= 0.3 is 0 Å². The third kappa shape index (κ3) is 2.11. The van der Waals surface area contributed by atoms with Crippen molar-refractivity contribution in [3.63, 3.8) is 0 Å². The van der Waals surface area contributed by atoms with Crippen LogP contribution in [0.15, 0.2) is 11.1 Å². The number of likely N-dealkylation sites (N-methyl/N-ethyl adjacent to an activating group) is 1. The Morgan fingerprint density at radius 2 is 2.12 bits per heavy atom. The SMILES string of the molecule is Cc1[nH]ncc1S(=O)(=O)N(C)C(C)(C)CO. The molecule has 0 aliphatic rings. The number of aromatic nitrogens is 2. The highest BCUT2D eigenvalue weighted by molar-refractivity contribution is 7.89. The van der Waals surface area contributed by atoms with E-state index in [0.29, 0.717) is 5.69 Å². The van der Waals surface area contributed by atoms with Crippen molar-refractivity contribution in [1.29, 1.82) is 0 Å². The Bertz CT molecular complexity index is 464. The summed E-state index contributed by atoms with van der Waals surface area (Å²) in [6.45, 7) is 4.69. The van der Waals surface area contributed by atoms with Crippen molar-refractivity contribution in [3.8, 4) is 0 Å². The molecule has 0 unspecified atom stereocenters. The lowest BCUT2D eigenvalue weighted by Gasteiger charge is -2.32. The van der Waals surface area contributed by atoms with Gasteiger partial charge in [-0.15, -0.1) is 0 Å². The lowest BCUT2D eigenvalue weighted by atomic mass is 10.1. The summed E-state index contributed by atoms with van der Waals surface area (Å²) in [6, 6.07) is 0. The Morgan fingerprint density at radius 3 is 2.50 bits per heavy atom. The number of aromatic amines is 1. The molecule has 2 N–H and O–H groups in total. The first-order valence-corrected chi connectivity index (χ1v) is 6.27. The predicted molar refractivity (Wildman–Crippen MR) is 59.4 cm³/mol. The lowest BCUT2D eigenvalue weighted by Crippen LogP contribution is -2.47. The van der Waals surface area contributed by atoms with E-state index < -0.39 is 15.6 Å². The Balaban J connectivity index is 3.19. The van der Waals surface area contributed by atoms with Crippen LogP contribution >= 0.6 is 0 Å². The zero-order chi connectivity index (χ0) is 12.6. The summed E-state index contributed by atoms with van der Waals surface area (Å²) in [5.74, 6) is 0. The third-order valence-corrected chi connectivity index (χ3v) is 4.84. The highest BCUT2D eigenvalue weighted by atomic mass is 32.2. The standard InChI is InChI=1S/C9H17N3O3S/c1-7-8(5-10-11-7)16(14,15)12(4)9(2,3)6-13/h5,13H,6H2,1-4H3,(H,10,11). The molecule has 0 bridgehead atoms. The molecule has 0 spiro atoms. The fraction of sp³-hybridized carbons (Fsp3) is 0.667. The van der Waals surface area contributed by atoms with Crippen molar-refractivity contribution < 1.29 is 13.5 Å². The van der Waals surface area contributed by atoms with Crippen LogP contribution in [0.4, 0.5) is 0 Å². The molecule has 1 rings (SSSR count). The number of aryl methyl sites for hydroxylation is 1. The van der Waals surface area contributed by atoms with Crippen LogP contribution < -0.4 is 0 Å². The first-order valence-electron chi connectivity index (χ1n) is 4.83. The number of aliphatic hydroxyl groups excluding tert-OH is 1. The average Bonchev–Trinajstić information content (AvgIpc) is 2.63. The number of hydrogen-bond donors (Lipinski definition) is 2. The maximum atomic E-state index is 12.2. The van der Waals surface area contributed by atoms with Crippen LogP contribution in [-0.4, -0.2) is 47.2 Å². The highest BCUT2D eigenvalue weighted by Gasteiger charge is 2.34. The van der Waals surface area contributed by atoms with Gasteiger partial charge in [-0.1, -0.05) is 0 Å². The Hall–Kier alpha value is -0.920. The molecule has 1 aromatic heterocycles. The number of hydrogen-bond acceptors (Lipinski definition) is 4. The van der Waals surface area contributed by atoms with E-state index in [1.807, 2.05) is 0 Å². The first kappa shape index (κ1) is 13.1. The summed E-state index contributed by atoms with van der Waals surface area (Å²) in [5, 5.41) is 15.4. The highest BCUT2D eigenvalue weighted by Crippen LogP contribution is 2.23. The van der Waals surface area contributed by atoms with Crippen molar-refractivity contribution in [1.82, 2.24) is 14.5 Å². The quantitative estimate of drug-likeness (QED) is 0.790. The summed E-state index contributed by atoms with van der Waals surface area (Å²) < 4.78 is 25.5. The fourth-order valence-corrected chi connectivity index (χ4v) is 2.79. The molecule has 1 heterocycles. The topological polar surface area (TPSA) is 86.3 Å². The van der Waals surface area contributed by atoms with Crippen LogP contribution in [0.3, 0.4) is 0 Å².